The van der Waals surface area contributed by atoms with Crippen molar-refractivity contribution in [2.75, 3.05) is 32.1 Å². The van der Waals surface area contributed by atoms with Crippen molar-refractivity contribution in [3.63, 3.8) is 0 Å². The van der Waals surface area contributed by atoms with Crippen LogP contribution in [-0.4, -0.2) is 55.5 Å². The summed E-state index contributed by atoms with van der Waals surface area (Å²) >= 11 is 0. The van der Waals surface area contributed by atoms with Gasteiger partial charge in [-0.3, -0.25) is 19.8 Å². The molecule has 0 fully saturated rings. The van der Waals surface area contributed by atoms with Gasteiger partial charge in [-0.25, -0.2) is 4.79 Å². The van der Waals surface area contributed by atoms with Gasteiger partial charge in [0.15, 0.2) is 0 Å². The molecule has 0 heterocycles. The lowest BCUT2D eigenvalue weighted by Crippen LogP contribution is -2.48. The van der Waals surface area contributed by atoms with Crippen molar-refractivity contribution in [3.05, 3.63) is 24.3 Å². The zero-order valence-corrected chi connectivity index (χ0v) is 16.5. The van der Waals surface area contributed by atoms with Gasteiger partial charge in [-0.1, -0.05) is 26.0 Å². The molecule has 0 aliphatic rings. The number of carbonyl (C=O) groups excluding carboxylic acids is 3. The molecule has 4 amide bonds. The number of nitrogens with one attached hydrogen (secondary N) is 3. The number of rotatable bonds is 10. The average Bonchev–Trinajstić information content (AvgIpc) is 2.61. The van der Waals surface area contributed by atoms with Crippen LogP contribution >= 0.6 is 0 Å². The number of nitrogens with zero attached hydrogens (tertiary/aromatic N) is 1. The molecule has 0 bridgehead atoms. The van der Waals surface area contributed by atoms with Crippen molar-refractivity contribution >= 4 is 23.5 Å². The number of para-hydroxylation sites is 2. The van der Waals surface area contributed by atoms with Crippen LogP contribution in [0, 0.1) is 0 Å². The van der Waals surface area contributed by atoms with E-state index in [0.29, 0.717) is 18.0 Å². The summed E-state index contributed by atoms with van der Waals surface area (Å²) < 4.78 is 5.21. The number of amides is 4. The van der Waals surface area contributed by atoms with Gasteiger partial charge in [0, 0.05) is 6.04 Å². The number of benzene rings is 1. The smallest absolute Gasteiger partial charge is 0.321 e. The van der Waals surface area contributed by atoms with Crippen LogP contribution in [0.5, 0.6) is 5.75 Å². The molecular formula is C19H30N4O4. The molecule has 8 nitrogen and oxygen atoms in total. The first-order valence-electron chi connectivity index (χ1n) is 9.15. The van der Waals surface area contributed by atoms with E-state index in [0.717, 1.165) is 12.8 Å². The minimum absolute atomic E-state index is 0.0174. The van der Waals surface area contributed by atoms with E-state index >= 15 is 0 Å². The molecule has 1 aromatic carbocycles. The van der Waals surface area contributed by atoms with Crippen LogP contribution in [0.2, 0.25) is 0 Å². The Morgan fingerprint density at radius 3 is 2.41 bits per heavy atom. The second kappa shape index (κ2) is 11.9. The van der Waals surface area contributed by atoms with Gasteiger partial charge in [0.25, 0.3) is 0 Å². The monoisotopic (exact) mass is 378 g/mol. The van der Waals surface area contributed by atoms with Gasteiger partial charge in [-0.2, -0.15) is 0 Å². The molecule has 1 rings (SSSR count). The molecule has 0 unspecified atom stereocenters. The molecule has 0 aliphatic carbocycles. The molecule has 0 spiro atoms. The van der Waals surface area contributed by atoms with E-state index in [4.69, 9.17) is 4.74 Å². The van der Waals surface area contributed by atoms with Crippen LogP contribution in [-0.2, 0) is 9.59 Å². The lowest BCUT2D eigenvalue weighted by Gasteiger charge is -2.21. The normalized spacial score (nSPS) is 11.6. The third-order valence-corrected chi connectivity index (χ3v) is 3.90. The zero-order valence-electron chi connectivity index (χ0n) is 16.5. The predicted molar refractivity (Wildman–Crippen MR) is 105 cm³/mol. The Kier molecular flexibility index (Phi) is 9.89. The lowest BCUT2D eigenvalue weighted by molar-refractivity contribution is -0.122. The van der Waals surface area contributed by atoms with Crippen LogP contribution in [0.25, 0.3) is 0 Å². The predicted octanol–water partition coefficient (Wildman–Crippen LogP) is 1.97. The summed E-state index contributed by atoms with van der Waals surface area (Å²) in [4.78, 5) is 37.9. The fourth-order valence-corrected chi connectivity index (χ4v) is 2.40. The Hall–Kier alpha value is -2.61. The Bertz CT molecular complexity index is 636. The molecule has 27 heavy (non-hydrogen) atoms. The maximum atomic E-state index is 12.3. The zero-order chi connectivity index (χ0) is 20.2. The highest BCUT2D eigenvalue weighted by Crippen LogP contribution is 2.22. The molecule has 3 N–H and O–H groups in total. The molecular weight excluding hydrogens is 348 g/mol. The van der Waals surface area contributed by atoms with Crippen molar-refractivity contribution in [1.82, 2.24) is 15.5 Å². The van der Waals surface area contributed by atoms with Crippen LogP contribution in [0.4, 0.5) is 10.5 Å². The summed E-state index contributed by atoms with van der Waals surface area (Å²) in [6, 6.07) is 6.56. The van der Waals surface area contributed by atoms with Crippen molar-refractivity contribution in [2.24, 2.45) is 0 Å². The van der Waals surface area contributed by atoms with Crippen molar-refractivity contribution in [1.29, 1.82) is 0 Å². The number of ether oxygens (including phenoxy) is 1. The largest absolute Gasteiger partial charge is 0.495 e. The second-order valence-corrected chi connectivity index (χ2v) is 6.29. The van der Waals surface area contributed by atoms with Gasteiger partial charge in [0.05, 0.1) is 25.9 Å². The number of imide groups is 1. The number of carbonyl (C=O) groups is 3. The molecule has 0 saturated heterocycles. The first-order chi connectivity index (χ1) is 12.9. The van der Waals surface area contributed by atoms with Crippen molar-refractivity contribution in [3.8, 4) is 5.75 Å². The van der Waals surface area contributed by atoms with E-state index in [1.54, 1.807) is 23.1 Å². The standard InChI is InChI=1S/C19H30N4O4/c1-5-11-23(13-18(25)22-19(26)20-14(3)6-2)12-17(24)21-15-9-7-8-10-16(15)27-4/h7-10,14H,5-6,11-13H2,1-4H3,(H,21,24)(H2,20,22,25,26)/t14-/m1/s1. The maximum Gasteiger partial charge on any atom is 0.321 e. The van der Waals surface area contributed by atoms with Crippen LogP contribution in [0.1, 0.15) is 33.6 Å². The highest BCUT2D eigenvalue weighted by atomic mass is 16.5. The summed E-state index contributed by atoms with van der Waals surface area (Å²) in [5, 5.41) is 7.74. The highest BCUT2D eigenvalue weighted by molar-refractivity contribution is 5.96. The van der Waals surface area contributed by atoms with Gasteiger partial charge in [-0.15, -0.1) is 0 Å². The molecule has 150 valence electrons. The first-order valence-corrected chi connectivity index (χ1v) is 9.15. The summed E-state index contributed by atoms with van der Waals surface area (Å²) in [6.45, 7) is 6.30. The van der Waals surface area contributed by atoms with Crippen LogP contribution in [0.15, 0.2) is 24.3 Å². The molecule has 0 aliphatic heterocycles. The molecule has 0 aromatic heterocycles. The highest BCUT2D eigenvalue weighted by Gasteiger charge is 2.17. The fourth-order valence-electron chi connectivity index (χ4n) is 2.40. The Balaban J connectivity index is 2.58. The molecule has 0 saturated carbocycles. The SMILES string of the molecule is CCCN(CC(=O)NC(=O)N[C@H](C)CC)CC(=O)Nc1ccccc1OC. The number of hydrogen-bond acceptors (Lipinski definition) is 5. The third-order valence-electron chi connectivity index (χ3n) is 3.90. The maximum absolute atomic E-state index is 12.3. The average molecular weight is 378 g/mol. The molecule has 1 atom stereocenters. The van der Waals surface area contributed by atoms with E-state index in [1.165, 1.54) is 7.11 Å². The van der Waals surface area contributed by atoms with Gasteiger partial charge in [-0.05, 0) is 38.4 Å². The van der Waals surface area contributed by atoms with Crippen molar-refractivity contribution < 1.29 is 19.1 Å². The van der Waals surface area contributed by atoms with Crippen LogP contribution < -0.4 is 20.7 Å². The molecule has 8 heteroatoms. The van der Waals surface area contributed by atoms with Crippen LogP contribution in [0.3, 0.4) is 0 Å². The first kappa shape index (κ1) is 22.4. The Labute approximate surface area is 160 Å². The third kappa shape index (κ3) is 8.54. The Morgan fingerprint density at radius 2 is 1.78 bits per heavy atom. The van der Waals surface area contributed by atoms with Gasteiger partial charge >= 0.3 is 6.03 Å². The van der Waals surface area contributed by atoms with E-state index in [9.17, 15) is 14.4 Å². The quantitative estimate of drug-likeness (QED) is 0.578. The lowest BCUT2D eigenvalue weighted by atomic mass is 10.3. The number of anilines is 1. The topological polar surface area (TPSA) is 99.8 Å². The van der Waals surface area contributed by atoms with E-state index in [-0.39, 0.29) is 25.0 Å². The van der Waals surface area contributed by atoms with E-state index in [1.807, 2.05) is 26.8 Å². The molecule has 0 radical (unpaired) electrons. The number of methoxy groups -OCH3 is 1. The van der Waals surface area contributed by atoms with Crippen molar-refractivity contribution in [2.45, 2.75) is 39.7 Å². The summed E-state index contributed by atoms with van der Waals surface area (Å²) in [5.74, 6) is -0.147. The van der Waals surface area contributed by atoms with Gasteiger partial charge < -0.3 is 15.4 Å². The number of hydrogen-bond donors (Lipinski definition) is 3. The summed E-state index contributed by atoms with van der Waals surface area (Å²) in [7, 11) is 1.53. The molecule has 1 aromatic rings. The second-order valence-electron chi connectivity index (χ2n) is 6.29. The van der Waals surface area contributed by atoms with E-state index in [2.05, 4.69) is 16.0 Å². The van der Waals surface area contributed by atoms with Gasteiger partial charge in [0.2, 0.25) is 11.8 Å². The minimum atomic E-state index is -0.524. The Morgan fingerprint density at radius 1 is 1.11 bits per heavy atom. The number of urea groups is 1. The fraction of sp³-hybridized carbons (Fsp3) is 0.526. The minimum Gasteiger partial charge on any atom is -0.495 e. The summed E-state index contributed by atoms with van der Waals surface area (Å²) in [6.07, 6.45) is 1.54. The van der Waals surface area contributed by atoms with E-state index < -0.39 is 11.9 Å². The van der Waals surface area contributed by atoms with Gasteiger partial charge in [0.1, 0.15) is 5.75 Å². The summed E-state index contributed by atoms with van der Waals surface area (Å²) in [5.41, 5.74) is 0.568.